The minimum Gasteiger partial charge on any atom is -0.497 e. The first-order chi connectivity index (χ1) is 7.79. The molecule has 90 valence electrons. The van der Waals surface area contributed by atoms with Gasteiger partial charge in [0.05, 0.1) is 7.11 Å². The molecule has 2 nitrogen and oxygen atoms in total. The van der Waals surface area contributed by atoms with E-state index in [-0.39, 0.29) is 0 Å². The molecule has 0 spiro atoms. The van der Waals surface area contributed by atoms with E-state index in [1.54, 1.807) is 7.11 Å². The van der Waals surface area contributed by atoms with Crippen LogP contribution in [-0.4, -0.2) is 25.6 Å². The van der Waals surface area contributed by atoms with Gasteiger partial charge >= 0.3 is 0 Å². The van der Waals surface area contributed by atoms with Crippen LogP contribution < -0.4 is 4.74 Å². The number of hydrogen-bond donors (Lipinski definition) is 0. The van der Waals surface area contributed by atoms with E-state index in [2.05, 4.69) is 30.1 Å². The maximum atomic E-state index is 5.24. The normalized spacial score (nSPS) is 15.5. The van der Waals surface area contributed by atoms with Gasteiger partial charge in [0.1, 0.15) is 5.75 Å². The lowest BCUT2D eigenvalue weighted by Gasteiger charge is -2.13. The van der Waals surface area contributed by atoms with E-state index in [1.165, 1.54) is 30.5 Å². The summed E-state index contributed by atoms with van der Waals surface area (Å²) < 4.78 is 5.24. The van der Waals surface area contributed by atoms with Crippen LogP contribution in [0.15, 0.2) is 18.2 Å². The molecule has 1 aliphatic rings. The van der Waals surface area contributed by atoms with Crippen LogP contribution in [0.25, 0.3) is 0 Å². The minimum absolute atomic E-state index is 0.971. The summed E-state index contributed by atoms with van der Waals surface area (Å²) in [6, 6.07) is 6.43. The monoisotopic (exact) mass is 221 g/mol. The topological polar surface area (TPSA) is 12.5 Å². The second-order valence-corrected chi connectivity index (χ2v) is 3.98. The van der Waals surface area contributed by atoms with Crippen molar-refractivity contribution in [3.63, 3.8) is 0 Å². The van der Waals surface area contributed by atoms with Crippen molar-refractivity contribution in [1.82, 2.24) is 4.90 Å². The number of aryl methyl sites for hydroxylation is 1. The fourth-order valence-corrected chi connectivity index (χ4v) is 2.03. The molecule has 0 atom stereocenters. The zero-order valence-electron chi connectivity index (χ0n) is 10.9. The Hall–Kier alpha value is -1.02. The van der Waals surface area contributed by atoms with Gasteiger partial charge in [0.15, 0.2) is 0 Å². The molecule has 1 aromatic carbocycles. The first-order valence-corrected chi connectivity index (χ1v) is 6.14. The summed E-state index contributed by atoms with van der Waals surface area (Å²) in [7, 11) is 3.90. The number of rotatable bonds is 1. The SMILES string of the molecule is CC.COc1ccc2c(c1)CN(C)CCC2. The number of hydrogen-bond acceptors (Lipinski definition) is 2. The molecule has 0 radical (unpaired) electrons. The quantitative estimate of drug-likeness (QED) is 0.722. The molecule has 0 aliphatic carbocycles. The average Bonchev–Trinajstić information content (AvgIpc) is 2.51. The summed E-state index contributed by atoms with van der Waals surface area (Å²) in [5, 5.41) is 0. The molecule has 0 aromatic heterocycles. The fourth-order valence-electron chi connectivity index (χ4n) is 2.03. The Kier molecular flexibility index (Phi) is 5.33. The van der Waals surface area contributed by atoms with Crippen LogP contribution in [0.2, 0.25) is 0 Å². The van der Waals surface area contributed by atoms with Crippen LogP contribution in [0.3, 0.4) is 0 Å². The number of fused-ring (bicyclic) bond motifs is 1. The maximum Gasteiger partial charge on any atom is 0.119 e. The number of nitrogens with zero attached hydrogens (tertiary/aromatic N) is 1. The minimum atomic E-state index is 0.971. The molecule has 0 unspecified atom stereocenters. The Labute approximate surface area is 99.2 Å². The molecule has 1 aliphatic heterocycles. The smallest absolute Gasteiger partial charge is 0.119 e. The Morgan fingerprint density at radius 2 is 1.94 bits per heavy atom. The third-order valence-corrected chi connectivity index (χ3v) is 2.84. The zero-order valence-corrected chi connectivity index (χ0v) is 10.9. The highest BCUT2D eigenvalue weighted by atomic mass is 16.5. The Balaban J connectivity index is 0.000000606. The van der Waals surface area contributed by atoms with E-state index in [0.717, 1.165) is 12.3 Å². The Morgan fingerprint density at radius 1 is 1.19 bits per heavy atom. The molecule has 2 rings (SSSR count). The van der Waals surface area contributed by atoms with Crippen molar-refractivity contribution in [1.29, 1.82) is 0 Å². The van der Waals surface area contributed by atoms with Gasteiger partial charge in [0, 0.05) is 6.54 Å². The van der Waals surface area contributed by atoms with Crippen LogP contribution in [0.4, 0.5) is 0 Å². The van der Waals surface area contributed by atoms with Gasteiger partial charge in [0.25, 0.3) is 0 Å². The average molecular weight is 221 g/mol. The molecular weight excluding hydrogens is 198 g/mol. The van der Waals surface area contributed by atoms with Gasteiger partial charge in [-0.25, -0.2) is 0 Å². The molecule has 0 bridgehead atoms. The summed E-state index contributed by atoms with van der Waals surface area (Å²) in [6.07, 6.45) is 2.46. The van der Waals surface area contributed by atoms with Crippen molar-refractivity contribution in [2.75, 3.05) is 20.7 Å². The van der Waals surface area contributed by atoms with Gasteiger partial charge in [-0.1, -0.05) is 19.9 Å². The van der Waals surface area contributed by atoms with Crippen molar-refractivity contribution in [3.05, 3.63) is 29.3 Å². The highest BCUT2D eigenvalue weighted by Crippen LogP contribution is 2.22. The van der Waals surface area contributed by atoms with Crippen LogP contribution in [0.5, 0.6) is 5.75 Å². The van der Waals surface area contributed by atoms with Gasteiger partial charge in [-0.15, -0.1) is 0 Å². The molecule has 0 saturated carbocycles. The Morgan fingerprint density at radius 3 is 2.62 bits per heavy atom. The van der Waals surface area contributed by atoms with E-state index in [4.69, 9.17) is 4.74 Å². The number of ether oxygens (including phenoxy) is 1. The summed E-state index contributed by atoms with van der Waals surface area (Å²) in [5.74, 6) is 0.971. The second-order valence-electron chi connectivity index (χ2n) is 3.98. The zero-order chi connectivity index (χ0) is 12.0. The molecule has 0 amide bonds. The summed E-state index contributed by atoms with van der Waals surface area (Å²) in [5.41, 5.74) is 2.90. The summed E-state index contributed by atoms with van der Waals surface area (Å²) in [4.78, 5) is 2.37. The number of benzene rings is 1. The van der Waals surface area contributed by atoms with Gasteiger partial charge in [0.2, 0.25) is 0 Å². The highest BCUT2D eigenvalue weighted by Gasteiger charge is 2.11. The third kappa shape index (κ3) is 3.24. The molecule has 1 aromatic rings. The van der Waals surface area contributed by atoms with Gasteiger partial charge in [-0.2, -0.15) is 0 Å². The van der Waals surface area contributed by atoms with Gasteiger partial charge < -0.3 is 9.64 Å². The summed E-state index contributed by atoms with van der Waals surface area (Å²) >= 11 is 0. The van der Waals surface area contributed by atoms with E-state index in [0.29, 0.717) is 0 Å². The van der Waals surface area contributed by atoms with Crippen molar-refractivity contribution in [2.24, 2.45) is 0 Å². The van der Waals surface area contributed by atoms with E-state index in [1.807, 2.05) is 13.8 Å². The molecule has 1 heterocycles. The molecule has 16 heavy (non-hydrogen) atoms. The molecule has 2 heteroatoms. The van der Waals surface area contributed by atoms with E-state index < -0.39 is 0 Å². The second kappa shape index (κ2) is 6.54. The highest BCUT2D eigenvalue weighted by molar-refractivity contribution is 5.36. The summed E-state index contributed by atoms with van der Waals surface area (Å²) in [6.45, 7) is 6.24. The van der Waals surface area contributed by atoms with Gasteiger partial charge in [-0.05, 0) is 49.7 Å². The first-order valence-electron chi connectivity index (χ1n) is 6.14. The number of methoxy groups -OCH3 is 1. The van der Waals surface area contributed by atoms with E-state index >= 15 is 0 Å². The third-order valence-electron chi connectivity index (χ3n) is 2.84. The lowest BCUT2D eigenvalue weighted by molar-refractivity contribution is 0.331. The van der Waals surface area contributed by atoms with Crippen LogP contribution >= 0.6 is 0 Å². The van der Waals surface area contributed by atoms with Crippen LogP contribution in [0.1, 0.15) is 31.4 Å². The van der Waals surface area contributed by atoms with Crippen molar-refractivity contribution < 1.29 is 4.74 Å². The Bertz CT molecular complexity index is 323. The predicted octanol–water partition coefficient (Wildman–Crippen LogP) is 3.10. The molecule has 0 N–H and O–H groups in total. The van der Waals surface area contributed by atoms with Crippen molar-refractivity contribution in [3.8, 4) is 5.75 Å². The molecular formula is C14H23NO. The maximum absolute atomic E-state index is 5.24. The fraction of sp³-hybridized carbons (Fsp3) is 0.571. The predicted molar refractivity (Wildman–Crippen MR) is 69.0 cm³/mol. The van der Waals surface area contributed by atoms with Crippen molar-refractivity contribution in [2.45, 2.75) is 33.2 Å². The molecule has 0 fully saturated rings. The van der Waals surface area contributed by atoms with Gasteiger partial charge in [-0.3, -0.25) is 0 Å². The standard InChI is InChI=1S/C12H17NO.C2H6/c1-13-7-3-4-10-5-6-12(14-2)8-11(10)9-13;1-2/h5-6,8H,3-4,7,9H2,1-2H3;1-2H3. The molecule has 0 saturated heterocycles. The largest absolute Gasteiger partial charge is 0.497 e. The lowest BCUT2D eigenvalue weighted by Crippen LogP contribution is -2.17. The van der Waals surface area contributed by atoms with Crippen LogP contribution in [-0.2, 0) is 13.0 Å². The van der Waals surface area contributed by atoms with E-state index in [9.17, 15) is 0 Å². The first kappa shape index (κ1) is 13.0. The lowest BCUT2D eigenvalue weighted by atomic mass is 10.0. The van der Waals surface area contributed by atoms with Crippen LogP contribution in [0, 0.1) is 0 Å². The van der Waals surface area contributed by atoms with Crippen molar-refractivity contribution >= 4 is 0 Å².